The van der Waals surface area contributed by atoms with Gasteiger partial charge in [0.2, 0.25) is 5.91 Å². The van der Waals surface area contributed by atoms with Gasteiger partial charge in [-0.15, -0.1) is 0 Å². The van der Waals surface area contributed by atoms with Crippen molar-refractivity contribution >= 4 is 18.1 Å². The van der Waals surface area contributed by atoms with E-state index < -0.39 is 23.8 Å². The highest BCUT2D eigenvalue weighted by Gasteiger charge is 2.38. The van der Waals surface area contributed by atoms with E-state index in [0.29, 0.717) is 6.54 Å². The zero-order valence-electron chi connectivity index (χ0n) is 16.9. The molecule has 0 radical (unpaired) electrons. The van der Waals surface area contributed by atoms with Crippen molar-refractivity contribution in [3.05, 3.63) is 0 Å². The summed E-state index contributed by atoms with van der Waals surface area (Å²) < 4.78 is 5.37. The number of carbonyl (C=O) groups excluding carboxylic acids is 2. The maximum Gasteiger partial charge on any atom is 0.408 e. The van der Waals surface area contributed by atoms with Crippen LogP contribution in [-0.2, 0) is 9.53 Å². The van der Waals surface area contributed by atoms with Crippen LogP contribution in [0.4, 0.5) is 9.59 Å². The normalized spacial score (nSPS) is 22.9. The number of hydrogen-bond acceptors (Lipinski definition) is 4. The highest BCUT2D eigenvalue weighted by molar-refractivity contribution is 5.86. The van der Waals surface area contributed by atoms with Crippen LogP contribution in [0.2, 0.25) is 0 Å². The van der Waals surface area contributed by atoms with Crippen LogP contribution in [0.15, 0.2) is 0 Å². The van der Waals surface area contributed by atoms with Gasteiger partial charge in [-0.25, -0.2) is 9.59 Å². The van der Waals surface area contributed by atoms with E-state index in [0.717, 1.165) is 32.1 Å². The fraction of sp³-hybridized carbons (Fsp3) is 0.842. The Bertz CT molecular complexity index is 554. The molecule has 27 heavy (non-hydrogen) atoms. The Balaban J connectivity index is 2.10. The smallest absolute Gasteiger partial charge is 0.408 e. The van der Waals surface area contributed by atoms with Gasteiger partial charge in [-0.2, -0.15) is 0 Å². The molecule has 0 aromatic heterocycles. The van der Waals surface area contributed by atoms with E-state index in [4.69, 9.17) is 9.84 Å². The summed E-state index contributed by atoms with van der Waals surface area (Å²) in [4.78, 5) is 39.8. The molecule has 0 aromatic rings. The van der Waals surface area contributed by atoms with E-state index in [2.05, 4.69) is 5.32 Å². The Kier molecular flexibility index (Phi) is 6.95. The average molecular weight is 383 g/mol. The zero-order valence-corrected chi connectivity index (χ0v) is 16.9. The first-order valence-corrected chi connectivity index (χ1v) is 9.86. The van der Waals surface area contributed by atoms with Crippen LogP contribution in [0.1, 0.15) is 59.8 Å². The lowest BCUT2D eigenvalue weighted by molar-refractivity contribution is -0.139. The highest BCUT2D eigenvalue weighted by Crippen LogP contribution is 2.28. The van der Waals surface area contributed by atoms with Crippen LogP contribution in [0.5, 0.6) is 0 Å². The van der Waals surface area contributed by atoms with Crippen molar-refractivity contribution in [2.24, 2.45) is 5.92 Å². The molecule has 1 aliphatic carbocycles. The van der Waals surface area contributed by atoms with E-state index in [1.54, 1.807) is 25.7 Å². The number of ether oxygens (including phenoxy) is 1. The average Bonchev–Trinajstić information content (AvgIpc) is 2.58. The molecule has 1 heterocycles. The number of carbonyl (C=O) groups is 3. The molecule has 0 spiro atoms. The quantitative estimate of drug-likeness (QED) is 0.781. The third-order valence-corrected chi connectivity index (χ3v) is 5.24. The summed E-state index contributed by atoms with van der Waals surface area (Å²) in [7, 11) is 0. The molecule has 8 heteroatoms. The molecule has 1 saturated carbocycles. The highest BCUT2D eigenvalue weighted by atomic mass is 16.6. The summed E-state index contributed by atoms with van der Waals surface area (Å²) in [6.45, 7) is 8.12. The van der Waals surface area contributed by atoms with Crippen molar-refractivity contribution < 1.29 is 24.2 Å². The summed E-state index contributed by atoms with van der Waals surface area (Å²) in [6.07, 6.45) is 3.50. The van der Waals surface area contributed by atoms with E-state index in [1.165, 1.54) is 4.90 Å². The Morgan fingerprint density at radius 2 is 1.74 bits per heavy atom. The molecule has 154 valence electrons. The van der Waals surface area contributed by atoms with Gasteiger partial charge >= 0.3 is 12.2 Å². The molecule has 0 aromatic carbocycles. The van der Waals surface area contributed by atoms with Gasteiger partial charge < -0.3 is 25.0 Å². The van der Waals surface area contributed by atoms with E-state index in [9.17, 15) is 14.4 Å². The number of carboxylic acid groups (broad SMARTS) is 1. The van der Waals surface area contributed by atoms with Gasteiger partial charge in [-0.3, -0.25) is 4.79 Å². The summed E-state index contributed by atoms with van der Waals surface area (Å²) in [5, 5.41) is 12.0. The number of rotatable bonds is 3. The first-order valence-electron chi connectivity index (χ1n) is 9.86. The van der Waals surface area contributed by atoms with Gasteiger partial charge in [-0.1, -0.05) is 19.3 Å². The standard InChI is InChI=1S/C19H33N3O5/c1-13-12-21(18(25)26)10-11-22(13)16(23)15(14-8-6-5-7-9-14)20-17(24)27-19(2,3)4/h13-15H,5-12H2,1-4H3,(H,20,24)(H,25,26)/t13-,15+/m1/s1. The topological polar surface area (TPSA) is 99.2 Å². The van der Waals surface area contributed by atoms with E-state index >= 15 is 0 Å². The van der Waals surface area contributed by atoms with Gasteiger partial charge in [0, 0.05) is 25.7 Å². The maximum absolute atomic E-state index is 13.3. The summed E-state index contributed by atoms with van der Waals surface area (Å²) in [6, 6.07) is -0.854. The first-order chi connectivity index (χ1) is 12.6. The lowest BCUT2D eigenvalue weighted by Gasteiger charge is -2.42. The number of piperazine rings is 1. The third kappa shape index (κ3) is 6.01. The first kappa shape index (κ1) is 21.3. The molecule has 1 aliphatic heterocycles. The molecule has 2 fully saturated rings. The monoisotopic (exact) mass is 383 g/mol. The van der Waals surface area contributed by atoms with Gasteiger partial charge in [0.25, 0.3) is 0 Å². The molecular weight excluding hydrogens is 350 g/mol. The van der Waals surface area contributed by atoms with E-state index in [-0.39, 0.29) is 31.0 Å². The predicted octanol–water partition coefficient (Wildman–Crippen LogP) is 2.67. The van der Waals surface area contributed by atoms with Crippen LogP contribution < -0.4 is 5.32 Å². The molecule has 2 N–H and O–H groups in total. The Hall–Kier alpha value is -1.99. The van der Waals surface area contributed by atoms with Crippen LogP contribution in [0, 0.1) is 5.92 Å². The number of alkyl carbamates (subject to hydrolysis) is 1. The second kappa shape index (κ2) is 8.80. The Labute approximate surface area is 161 Å². The van der Waals surface area contributed by atoms with Crippen LogP contribution >= 0.6 is 0 Å². The fourth-order valence-electron chi connectivity index (χ4n) is 3.92. The van der Waals surface area contributed by atoms with E-state index in [1.807, 2.05) is 6.92 Å². The Morgan fingerprint density at radius 1 is 1.11 bits per heavy atom. The van der Waals surface area contributed by atoms with Crippen molar-refractivity contribution in [2.45, 2.75) is 77.5 Å². The molecule has 3 amide bonds. The zero-order chi connectivity index (χ0) is 20.2. The number of amides is 3. The molecule has 2 aliphatic rings. The Morgan fingerprint density at radius 3 is 2.26 bits per heavy atom. The van der Waals surface area contributed by atoms with Crippen molar-refractivity contribution in [3.8, 4) is 0 Å². The van der Waals surface area contributed by atoms with Crippen molar-refractivity contribution in [1.82, 2.24) is 15.1 Å². The van der Waals surface area contributed by atoms with Gasteiger partial charge in [0.15, 0.2) is 0 Å². The van der Waals surface area contributed by atoms with Crippen LogP contribution in [0.25, 0.3) is 0 Å². The van der Waals surface area contributed by atoms with Crippen LogP contribution in [0.3, 0.4) is 0 Å². The van der Waals surface area contributed by atoms with Crippen molar-refractivity contribution in [2.75, 3.05) is 19.6 Å². The molecule has 2 atom stereocenters. The molecule has 0 bridgehead atoms. The molecular formula is C19H33N3O5. The second-order valence-corrected chi connectivity index (χ2v) is 8.63. The predicted molar refractivity (Wildman–Crippen MR) is 101 cm³/mol. The van der Waals surface area contributed by atoms with Gasteiger partial charge in [0.1, 0.15) is 11.6 Å². The van der Waals surface area contributed by atoms with Crippen molar-refractivity contribution in [1.29, 1.82) is 0 Å². The van der Waals surface area contributed by atoms with Crippen molar-refractivity contribution in [3.63, 3.8) is 0 Å². The summed E-state index contributed by atoms with van der Waals surface area (Å²) in [5.41, 5.74) is -0.634. The fourth-order valence-corrected chi connectivity index (χ4v) is 3.92. The second-order valence-electron chi connectivity index (χ2n) is 8.63. The molecule has 1 saturated heterocycles. The van der Waals surface area contributed by atoms with Gasteiger partial charge in [-0.05, 0) is 46.5 Å². The minimum absolute atomic E-state index is 0.0865. The number of nitrogens with one attached hydrogen (secondary N) is 1. The minimum Gasteiger partial charge on any atom is -0.465 e. The lowest BCUT2D eigenvalue weighted by atomic mass is 9.83. The van der Waals surface area contributed by atoms with Crippen LogP contribution in [-0.4, -0.2) is 70.3 Å². The number of nitrogens with zero attached hydrogens (tertiary/aromatic N) is 2. The summed E-state index contributed by atoms with van der Waals surface area (Å²) >= 11 is 0. The van der Waals surface area contributed by atoms with Gasteiger partial charge in [0.05, 0.1) is 0 Å². The molecule has 0 unspecified atom stereocenters. The SMILES string of the molecule is C[C@@H]1CN(C(=O)O)CCN1C(=O)[C@@H](NC(=O)OC(C)(C)C)C1CCCCC1. The number of hydrogen-bond donors (Lipinski definition) is 2. The lowest BCUT2D eigenvalue weighted by Crippen LogP contribution is -2.61. The largest absolute Gasteiger partial charge is 0.465 e. The molecule has 8 nitrogen and oxygen atoms in total. The molecule has 2 rings (SSSR count). The minimum atomic E-state index is -0.968. The third-order valence-electron chi connectivity index (χ3n) is 5.24. The maximum atomic E-state index is 13.3. The summed E-state index contributed by atoms with van der Waals surface area (Å²) in [5.74, 6) is -0.0474.